The first kappa shape index (κ1) is 8.97. The number of hydrogen-bond acceptors (Lipinski definition) is 3. The van der Waals surface area contributed by atoms with Gasteiger partial charge in [0.25, 0.3) is 0 Å². The van der Waals surface area contributed by atoms with E-state index in [2.05, 4.69) is 10.6 Å². The zero-order chi connectivity index (χ0) is 7.94. The second kappa shape index (κ2) is 5.52. The summed E-state index contributed by atoms with van der Waals surface area (Å²) in [5.74, 6) is 0. The number of hydrogen-bond donors (Lipinski definition) is 2. The van der Waals surface area contributed by atoms with Gasteiger partial charge in [-0.15, -0.1) is 0 Å². The van der Waals surface area contributed by atoms with Crippen molar-refractivity contribution in [3.8, 4) is 0 Å². The third-order valence-corrected chi connectivity index (χ3v) is 1.98. The minimum atomic E-state index is 0.595. The molecular formula is C8H18N2O. The summed E-state index contributed by atoms with van der Waals surface area (Å²) >= 11 is 0. The van der Waals surface area contributed by atoms with Crippen LogP contribution < -0.4 is 10.6 Å². The van der Waals surface area contributed by atoms with Crippen molar-refractivity contribution < 1.29 is 4.74 Å². The van der Waals surface area contributed by atoms with Crippen LogP contribution in [-0.4, -0.2) is 39.4 Å². The molecule has 0 aromatic carbocycles. The highest BCUT2D eigenvalue weighted by Crippen LogP contribution is 2.00. The minimum Gasteiger partial charge on any atom is -0.379 e. The van der Waals surface area contributed by atoms with E-state index in [1.54, 1.807) is 0 Å². The average Bonchev–Trinajstić information content (AvgIpc) is 2.07. The maximum Gasteiger partial charge on any atom is 0.0620 e. The molecule has 0 radical (unpaired) electrons. The fourth-order valence-corrected chi connectivity index (χ4v) is 1.33. The molecule has 1 saturated heterocycles. The van der Waals surface area contributed by atoms with Crippen molar-refractivity contribution in [3.05, 3.63) is 0 Å². The molecule has 0 aromatic rings. The molecule has 2 N–H and O–H groups in total. The quantitative estimate of drug-likeness (QED) is 0.564. The fraction of sp³-hybridized carbons (Fsp3) is 1.00. The van der Waals surface area contributed by atoms with Gasteiger partial charge in [-0.3, -0.25) is 0 Å². The summed E-state index contributed by atoms with van der Waals surface area (Å²) in [7, 11) is 1.99. The molecule has 1 heterocycles. The van der Waals surface area contributed by atoms with Crippen LogP contribution in [0.25, 0.3) is 0 Å². The predicted molar refractivity (Wildman–Crippen MR) is 45.8 cm³/mol. The van der Waals surface area contributed by atoms with Gasteiger partial charge in [-0.25, -0.2) is 0 Å². The Morgan fingerprint density at radius 2 is 2.55 bits per heavy atom. The topological polar surface area (TPSA) is 33.3 Å². The second-order valence-corrected chi connectivity index (χ2v) is 2.97. The zero-order valence-electron chi connectivity index (χ0n) is 7.23. The smallest absolute Gasteiger partial charge is 0.0620 e. The monoisotopic (exact) mass is 158 g/mol. The summed E-state index contributed by atoms with van der Waals surface area (Å²) in [5, 5.41) is 6.56. The van der Waals surface area contributed by atoms with Gasteiger partial charge < -0.3 is 15.4 Å². The molecule has 11 heavy (non-hydrogen) atoms. The molecule has 0 amide bonds. The first-order valence-corrected chi connectivity index (χ1v) is 4.39. The highest BCUT2D eigenvalue weighted by atomic mass is 16.5. The van der Waals surface area contributed by atoms with E-state index in [-0.39, 0.29) is 0 Å². The average molecular weight is 158 g/mol. The number of nitrogens with one attached hydrogen (secondary N) is 2. The number of morpholine rings is 1. The lowest BCUT2D eigenvalue weighted by Crippen LogP contribution is -2.41. The maximum atomic E-state index is 5.33. The van der Waals surface area contributed by atoms with Gasteiger partial charge in [0.1, 0.15) is 0 Å². The van der Waals surface area contributed by atoms with Crippen LogP contribution >= 0.6 is 0 Å². The molecule has 0 spiro atoms. The van der Waals surface area contributed by atoms with Crippen LogP contribution in [0.4, 0.5) is 0 Å². The summed E-state index contributed by atoms with van der Waals surface area (Å²) in [6, 6.07) is 0.595. The van der Waals surface area contributed by atoms with E-state index < -0.39 is 0 Å². The predicted octanol–water partition coefficient (Wildman–Crippen LogP) is -0.0256. The largest absolute Gasteiger partial charge is 0.379 e. The minimum absolute atomic E-state index is 0.595. The Morgan fingerprint density at radius 1 is 1.64 bits per heavy atom. The Balaban J connectivity index is 1.96. The standard InChI is InChI=1S/C8H18N2O/c1-9-4-2-3-8-7-11-6-5-10-8/h8-10H,2-7H2,1H3. The molecule has 1 fully saturated rings. The molecule has 0 bridgehead atoms. The second-order valence-electron chi connectivity index (χ2n) is 2.97. The Kier molecular flexibility index (Phi) is 4.50. The number of ether oxygens (including phenoxy) is 1. The lowest BCUT2D eigenvalue weighted by Gasteiger charge is -2.23. The van der Waals surface area contributed by atoms with Crippen molar-refractivity contribution in [2.24, 2.45) is 0 Å². The van der Waals surface area contributed by atoms with Crippen molar-refractivity contribution in [2.75, 3.05) is 33.4 Å². The molecule has 66 valence electrons. The maximum absolute atomic E-state index is 5.33. The van der Waals surface area contributed by atoms with Crippen molar-refractivity contribution >= 4 is 0 Å². The third-order valence-electron chi connectivity index (χ3n) is 1.98. The molecule has 0 saturated carbocycles. The normalized spacial score (nSPS) is 25.4. The summed E-state index contributed by atoms with van der Waals surface area (Å²) < 4.78 is 5.33. The summed E-state index contributed by atoms with van der Waals surface area (Å²) in [5.41, 5.74) is 0. The first-order chi connectivity index (χ1) is 5.43. The van der Waals surface area contributed by atoms with Crippen LogP contribution in [0.15, 0.2) is 0 Å². The lowest BCUT2D eigenvalue weighted by molar-refractivity contribution is 0.0736. The highest BCUT2D eigenvalue weighted by molar-refractivity contribution is 4.69. The summed E-state index contributed by atoms with van der Waals surface area (Å²) in [6.07, 6.45) is 2.46. The Hall–Kier alpha value is -0.120. The lowest BCUT2D eigenvalue weighted by atomic mass is 10.1. The van der Waals surface area contributed by atoms with Crippen LogP contribution in [0.2, 0.25) is 0 Å². The molecule has 1 unspecified atom stereocenters. The third kappa shape index (κ3) is 3.70. The van der Waals surface area contributed by atoms with Gasteiger partial charge in [0.15, 0.2) is 0 Å². The summed E-state index contributed by atoms with van der Waals surface area (Å²) in [6.45, 7) is 3.90. The fourth-order valence-electron chi connectivity index (χ4n) is 1.33. The number of rotatable bonds is 4. The van der Waals surface area contributed by atoms with Crippen LogP contribution in [-0.2, 0) is 4.74 Å². The van der Waals surface area contributed by atoms with Crippen molar-refractivity contribution in [3.63, 3.8) is 0 Å². The molecule has 1 rings (SSSR count). The molecular weight excluding hydrogens is 140 g/mol. The van der Waals surface area contributed by atoms with Gasteiger partial charge in [-0.1, -0.05) is 0 Å². The molecule has 0 aromatic heterocycles. The molecule has 3 heteroatoms. The molecule has 1 aliphatic heterocycles. The van der Waals surface area contributed by atoms with Gasteiger partial charge >= 0.3 is 0 Å². The van der Waals surface area contributed by atoms with E-state index in [1.165, 1.54) is 12.8 Å². The van der Waals surface area contributed by atoms with E-state index >= 15 is 0 Å². The van der Waals surface area contributed by atoms with E-state index in [1.807, 2.05) is 7.05 Å². The molecule has 3 nitrogen and oxygen atoms in total. The SMILES string of the molecule is CNCCCC1COCCN1. The van der Waals surface area contributed by atoms with E-state index in [0.29, 0.717) is 6.04 Å². The van der Waals surface area contributed by atoms with E-state index in [0.717, 1.165) is 26.3 Å². The zero-order valence-corrected chi connectivity index (χ0v) is 7.23. The Bertz CT molecular complexity index is 92.1. The summed E-state index contributed by atoms with van der Waals surface area (Å²) in [4.78, 5) is 0. The van der Waals surface area contributed by atoms with Crippen molar-refractivity contribution in [2.45, 2.75) is 18.9 Å². The van der Waals surface area contributed by atoms with Crippen LogP contribution in [0.5, 0.6) is 0 Å². The van der Waals surface area contributed by atoms with Crippen LogP contribution in [0.3, 0.4) is 0 Å². The van der Waals surface area contributed by atoms with Gasteiger partial charge in [-0.05, 0) is 26.4 Å². The van der Waals surface area contributed by atoms with Crippen molar-refractivity contribution in [1.29, 1.82) is 0 Å². The van der Waals surface area contributed by atoms with E-state index in [4.69, 9.17) is 4.74 Å². The molecule has 0 aliphatic carbocycles. The Labute approximate surface area is 68.5 Å². The van der Waals surface area contributed by atoms with Gasteiger partial charge in [0.05, 0.1) is 13.2 Å². The first-order valence-electron chi connectivity index (χ1n) is 4.39. The van der Waals surface area contributed by atoms with Gasteiger partial charge in [-0.2, -0.15) is 0 Å². The van der Waals surface area contributed by atoms with Gasteiger partial charge in [0.2, 0.25) is 0 Å². The molecule has 1 aliphatic rings. The molecule has 1 atom stereocenters. The van der Waals surface area contributed by atoms with Crippen LogP contribution in [0.1, 0.15) is 12.8 Å². The van der Waals surface area contributed by atoms with Gasteiger partial charge in [0, 0.05) is 12.6 Å². The van der Waals surface area contributed by atoms with E-state index in [9.17, 15) is 0 Å². The highest BCUT2D eigenvalue weighted by Gasteiger charge is 2.11. The Morgan fingerprint density at radius 3 is 3.18 bits per heavy atom. The van der Waals surface area contributed by atoms with Crippen LogP contribution in [0, 0.1) is 0 Å². The van der Waals surface area contributed by atoms with Crippen molar-refractivity contribution in [1.82, 2.24) is 10.6 Å².